The van der Waals surface area contributed by atoms with Crippen molar-refractivity contribution in [1.29, 1.82) is 0 Å². The molecule has 2 N–H and O–H groups in total. The fourth-order valence-corrected chi connectivity index (χ4v) is 4.97. The molecule has 5 rings (SSSR count). The molecule has 0 bridgehead atoms. The first-order chi connectivity index (χ1) is 18.9. The molecule has 1 aliphatic heterocycles. The van der Waals surface area contributed by atoms with Gasteiger partial charge in [0.15, 0.2) is 0 Å². The first-order valence-corrected chi connectivity index (χ1v) is 13.8. The number of anilines is 2. The van der Waals surface area contributed by atoms with Gasteiger partial charge in [0, 0.05) is 50.5 Å². The summed E-state index contributed by atoms with van der Waals surface area (Å²) >= 11 is 0. The third kappa shape index (κ3) is 6.43. The van der Waals surface area contributed by atoms with Crippen molar-refractivity contribution in [3.8, 4) is 0 Å². The molecular formula is C30H38N8O. The average Bonchev–Trinajstić information content (AvgIpc) is 3.37. The van der Waals surface area contributed by atoms with Crippen LogP contribution in [-0.4, -0.2) is 68.7 Å². The number of hydrogen-bond donors (Lipinski definition) is 2. The molecule has 0 radical (unpaired) electrons. The number of likely N-dealkylation sites (N-methyl/N-ethyl adjacent to an activating group) is 1. The highest BCUT2D eigenvalue weighted by Crippen LogP contribution is 2.23. The Labute approximate surface area is 230 Å². The lowest BCUT2D eigenvalue weighted by molar-refractivity contribution is 0.102. The monoisotopic (exact) mass is 526 g/mol. The molecule has 9 nitrogen and oxygen atoms in total. The first-order valence-electron chi connectivity index (χ1n) is 13.8. The van der Waals surface area contributed by atoms with Gasteiger partial charge in [-0.1, -0.05) is 25.1 Å². The summed E-state index contributed by atoms with van der Waals surface area (Å²) in [6.07, 6.45) is 4.52. The number of nitrogens with zero attached hydrogens (tertiary/aromatic N) is 6. The Hall–Kier alpha value is -3.82. The fraction of sp³-hybridized carbons (Fsp3) is 0.400. The number of fused-ring (bicyclic) bond motifs is 1. The van der Waals surface area contributed by atoms with Crippen molar-refractivity contribution in [2.75, 3.05) is 43.9 Å². The molecule has 3 heterocycles. The second-order valence-corrected chi connectivity index (χ2v) is 10.3. The van der Waals surface area contributed by atoms with E-state index in [1.54, 1.807) is 6.20 Å². The summed E-state index contributed by atoms with van der Waals surface area (Å²) in [6.45, 7) is 12.3. The number of benzene rings is 2. The van der Waals surface area contributed by atoms with Gasteiger partial charge in [0.05, 0.1) is 18.4 Å². The van der Waals surface area contributed by atoms with Gasteiger partial charge in [-0.2, -0.15) is 5.10 Å². The number of nitrogens with one attached hydrogen (secondary N) is 2. The molecule has 2 aromatic carbocycles. The van der Waals surface area contributed by atoms with Crippen LogP contribution in [0.25, 0.3) is 11.2 Å². The van der Waals surface area contributed by atoms with Crippen molar-refractivity contribution in [3.63, 3.8) is 0 Å². The van der Waals surface area contributed by atoms with E-state index in [0.717, 1.165) is 62.5 Å². The van der Waals surface area contributed by atoms with Gasteiger partial charge in [-0.15, -0.1) is 0 Å². The maximum atomic E-state index is 13.2. The van der Waals surface area contributed by atoms with Crippen LogP contribution in [0.5, 0.6) is 0 Å². The van der Waals surface area contributed by atoms with Crippen molar-refractivity contribution in [2.45, 2.75) is 46.3 Å². The molecule has 39 heavy (non-hydrogen) atoms. The van der Waals surface area contributed by atoms with E-state index in [9.17, 15) is 4.79 Å². The second-order valence-electron chi connectivity index (χ2n) is 10.3. The van der Waals surface area contributed by atoms with Crippen molar-refractivity contribution in [2.24, 2.45) is 0 Å². The molecule has 4 aromatic rings. The van der Waals surface area contributed by atoms with E-state index < -0.39 is 0 Å². The summed E-state index contributed by atoms with van der Waals surface area (Å²) in [6, 6.07) is 14.0. The number of aryl methyl sites for hydroxylation is 2. The highest BCUT2D eigenvalue weighted by Gasteiger charge is 2.17. The number of amides is 1. The maximum Gasteiger partial charge on any atom is 0.255 e. The smallest absolute Gasteiger partial charge is 0.255 e. The Morgan fingerprint density at radius 1 is 1.05 bits per heavy atom. The minimum atomic E-state index is -0.101. The highest BCUT2D eigenvalue weighted by molar-refractivity contribution is 6.04. The normalized spacial score (nSPS) is 15.4. The lowest BCUT2D eigenvalue weighted by Gasteiger charge is -2.32. The number of piperazine rings is 1. The molecule has 1 fully saturated rings. The summed E-state index contributed by atoms with van der Waals surface area (Å²) in [5.41, 5.74) is 6.41. The molecule has 0 saturated carbocycles. The standard InChI is InChI=1S/C30H38N8O/c1-5-22-16-24(10-11-25(22)19-37-14-12-36(4)13-15-37)30(39)33-26-9-7-8-23(17-26)21(3)32-28-18-31-27-20-38(6-2)35-29(27)34-28/h7-11,16-18,20-21H,5-6,12-15,19H2,1-4H3,(H,33,39)(H,32,34,35)/t21-/m0/s1. The van der Waals surface area contributed by atoms with Crippen LogP contribution >= 0.6 is 0 Å². The first kappa shape index (κ1) is 26.8. The van der Waals surface area contributed by atoms with Crippen LogP contribution in [0.4, 0.5) is 11.5 Å². The summed E-state index contributed by atoms with van der Waals surface area (Å²) in [5.74, 6) is 0.561. The van der Waals surface area contributed by atoms with E-state index >= 15 is 0 Å². The Kier molecular flexibility index (Phi) is 8.18. The molecule has 9 heteroatoms. The predicted molar refractivity (Wildman–Crippen MR) is 156 cm³/mol. The van der Waals surface area contributed by atoms with Crippen molar-refractivity contribution in [3.05, 3.63) is 77.1 Å². The van der Waals surface area contributed by atoms with E-state index in [-0.39, 0.29) is 11.9 Å². The molecular weight excluding hydrogens is 488 g/mol. The molecule has 0 spiro atoms. The molecule has 1 aliphatic rings. The molecule has 1 atom stereocenters. The van der Waals surface area contributed by atoms with Gasteiger partial charge in [-0.25, -0.2) is 9.97 Å². The number of carbonyl (C=O) groups excluding carboxylic acids is 1. The molecule has 2 aromatic heterocycles. The van der Waals surface area contributed by atoms with Crippen molar-refractivity contribution >= 4 is 28.6 Å². The third-order valence-corrected chi connectivity index (χ3v) is 7.45. The lowest BCUT2D eigenvalue weighted by Crippen LogP contribution is -2.44. The van der Waals surface area contributed by atoms with Crippen molar-refractivity contribution < 1.29 is 4.79 Å². The fourth-order valence-electron chi connectivity index (χ4n) is 4.97. The molecule has 0 unspecified atom stereocenters. The Bertz CT molecular complexity index is 1440. The summed E-state index contributed by atoms with van der Waals surface area (Å²) in [7, 11) is 2.17. The van der Waals surface area contributed by atoms with Crippen LogP contribution in [0.1, 0.15) is 53.9 Å². The molecule has 204 valence electrons. The van der Waals surface area contributed by atoms with Crippen LogP contribution in [-0.2, 0) is 19.5 Å². The lowest BCUT2D eigenvalue weighted by atomic mass is 10.0. The van der Waals surface area contributed by atoms with Crippen LogP contribution < -0.4 is 10.6 Å². The Balaban J connectivity index is 1.24. The number of hydrogen-bond acceptors (Lipinski definition) is 7. The van der Waals surface area contributed by atoms with Crippen LogP contribution in [0, 0.1) is 0 Å². The van der Waals surface area contributed by atoms with E-state index in [0.29, 0.717) is 17.0 Å². The summed E-state index contributed by atoms with van der Waals surface area (Å²) in [5, 5.41) is 10.9. The molecule has 1 saturated heterocycles. The molecule has 1 amide bonds. The average molecular weight is 527 g/mol. The van der Waals surface area contributed by atoms with Gasteiger partial charge in [0.25, 0.3) is 5.91 Å². The zero-order valence-electron chi connectivity index (χ0n) is 23.3. The van der Waals surface area contributed by atoms with E-state index in [1.807, 2.05) is 54.2 Å². The van der Waals surface area contributed by atoms with Gasteiger partial charge in [0.2, 0.25) is 5.65 Å². The summed E-state index contributed by atoms with van der Waals surface area (Å²) < 4.78 is 1.83. The van der Waals surface area contributed by atoms with Crippen LogP contribution in [0.15, 0.2) is 54.9 Å². The van der Waals surface area contributed by atoms with E-state index in [1.165, 1.54) is 11.1 Å². The minimum absolute atomic E-state index is 0.0394. The van der Waals surface area contributed by atoms with E-state index in [2.05, 4.69) is 62.5 Å². The largest absolute Gasteiger partial charge is 0.362 e. The van der Waals surface area contributed by atoms with Crippen LogP contribution in [0.3, 0.4) is 0 Å². The van der Waals surface area contributed by atoms with Gasteiger partial charge in [-0.05, 0) is 68.3 Å². The minimum Gasteiger partial charge on any atom is -0.362 e. The van der Waals surface area contributed by atoms with Gasteiger partial charge < -0.3 is 15.5 Å². The second kappa shape index (κ2) is 11.9. The number of carbonyl (C=O) groups is 1. The Morgan fingerprint density at radius 3 is 2.64 bits per heavy atom. The van der Waals surface area contributed by atoms with Gasteiger partial charge >= 0.3 is 0 Å². The third-order valence-electron chi connectivity index (χ3n) is 7.45. The SMILES string of the molecule is CCc1cc(C(=O)Nc2cccc([C@H](C)Nc3cnc4cn(CC)nc4n3)c2)ccc1CN1CCN(C)CC1. The predicted octanol–water partition coefficient (Wildman–Crippen LogP) is 4.58. The van der Waals surface area contributed by atoms with E-state index in [4.69, 9.17) is 0 Å². The number of rotatable bonds is 9. The zero-order valence-corrected chi connectivity index (χ0v) is 23.3. The topological polar surface area (TPSA) is 91.2 Å². The maximum absolute atomic E-state index is 13.2. The number of aromatic nitrogens is 4. The quantitative estimate of drug-likeness (QED) is 0.330. The highest BCUT2D eigenvalue weighted by atomic mass is 16.1. The zero-order chi connectivity index (χ0) is 27.4. The molecule has 0 aliphatic carbocycles. The Morgan fingerprint density at radius 2 is 1.87 bits per heavy atom. The summed E-state index contributed by atoms with van der Waals surface area (Å²) in [4.78, 5) is 27.1. The van der Waals surface area contributed by atoms with Crippen molar-refractivity contribution in [1.82, 2.24) is 29.5 Å². The van der Waals surface area contributed by atoms with Crippen LogP contribution in [0.2, 0.25) is 0 Å². The van der Waals surface area contributed by atoms with Gasteiger partial charge in [-0.3, -0.25) is 14.4 Å². The van der Waals surface area contributed by atoms with Gasteiger partial charge in [0.1, 0.15) is 11.3 Å².